The number of rotatable bonds is 4. The molecule has 0 aliphatic rings. The molecule has 28 heavy (non-hydrogen) atoms. The molecule has 5 aromatic rings. The lowest BCUT2D eigenvalue weighted by molar-refractivity contribution is 1.06. The van der Waals surface area contributed by atoms with Gasteiger partial charge in [-0.3, -0.25) is 0 Å². The molecule has 5 rings (SSSR count). The number of thiophene rings is 1. The van der Waals surface area contributed by atoms with E-state index in [9.17, 15) is 0 Å². The van der Waals surface area contributed by atoms with Gasteiger partial charge in [0.05, 0.1) is 12.0 Å². The van der Waals surface area contributed by atoms with Crippen LogP contribution in [0.1, 0.15) is 5.69 Å². The molecule has 1 N–H and O–H groups in total. The van der Waals surface area contributed by atoms with Gasteiger partial charge in [-0.2, -0.15) is 11.3 Å². The van der Waals surface area contributed by atoms with Gasteiger partial charge in [-0.25, -0.2) is 9.97 Å². The molecule has 0 fully saturated rings. The second-order valence-corrected chi connectivity index (χ2v) is 7.45. The lowest BCUT2D eigenvalue weighted by Crippen LogP contribution is -1.97. The van der Waals surface area contributed by atoms with Crippen LogP contribution in [-0.4, -0.2) is 14.5 Å². The number of imidazole rings is 1. The topological polar surface area (TPSA) is 42.7 Å². The highest BCUT2D eigenvalue weighted by atomic mass is 32.1. The number of aromatic nitrogens is 3. The number of hydrogen-bond donors (Lipinski definition) is 1. The predicted octanol–water partition coefficient (Wildman–Crippen LogP) is 6.20. The molecular formula is C23H18N4S. The monoisotopic (exact) mass is 382 g/mol. The third-order valence-corrected chi connectivity index (χ3v) is 5.44. The van der Waals surface area contributed by atoms with Crippen LogP contribution in [0, 0.1) is 6.92 Å². The van der Waals surface area contributed by atoms with Gasteiger partial charge in [0.1, 0.15) is 5.82 Å². The maximum Gasteiger partial charge on any atom is 0.138 e. The fourth-order valence-corrected chi connectivity index (χ4v) is 4.08. The van der Waals surface area contributed by atoms with E-state index in [1.54, 1.807) is 11.3 Å². The lowest BCUT2D eigenvalue weighted by atomic mass is 10.0. The van der Waals surface area contributed by atoms with Crippen LogP contribution in [-0.2, 0) is 0 Å². The minimum absolute atomic E-state index is 0.855. The SMILES string of the molecule is Cc1cn(-c2cccc(Nc3nccc4c(-c5ccsc5)cccc34)c2)cn1. The molecule has 0 atom stereocenters. The normalized spacial score (nSPS) is 11.0. The van der Waals surface area contributed by atoms with Gasteiger partial charge in [-0.05, 0) is 64.5 Å². The first kappa shape index (κ1) is 16.7. The number of fused-ring (bicyclic) bond motifs is 1. The average molecular weight is 382 g/mol. The molecule has 0 aliphatic carbocycles. The Bertz CT molecular complexity index is 1250. The van der Waals surface area contributed by atoms with Crippen molar-refractivity contribution in [2.45, 2.75) is 6.92 Å². The predicted molar refractivity (Wildman–Crippen MR) is 117 cm³/mol. The second-order valence-electron chi connectivity index (χ2n) is 6.67. The van der Waals surface area contributed by atoms with E-state index < -0.39 is 0 Å². The maximum absolute atomic E-state index is 4.60. The Labute approximate surface area is 167 Å². The number of nitrogens with one attached hydrogen (secondary N) is 1. The van der Waals surface area contributed by atoms with Crippen LogP contribution in [0.25, 0.3) is 27.6 Å². The molecule has 2 aromatic carbocycles. The molecule has 0 radical (unpaired) electrons. The van der Waals surface area contributed by atoms with Crippen molar-refractivity contribution in [2.24, 2.45) is 0 Å². The van der Waals surface area contributed by atoms with Gasteiger partial charge in [0, 0.05) is 29.2 Å². The Morgan fingerprint density at radius 2 is 1.89 bits per heavy atom. The van der Waals surface area contributed by atoms with E-state index >= 15 is 0 Å². The lowest BCUT2D eigenvalue weighted by Gasteiger charge is -2.12. The van der Waals surface area contributed by atoms with Crippen LogP contribution in [0.3, 0.4) is 0 Å². The summed E-state index contributed by atoms with van der Waals surface area (Å²) < 4.78 is 2.02. The highest BCUT2D eigenvalue weighted by molar-refractivity contribution is 7.08. The van der Waals surface area contributed by atoms with Gasteiger partial charge in [0.15, 0.2) is 0 Å². The second kappa shape index (κ2) is 6.94. The molecule has 136 valence electrons. The molecule has 4 nitrogen and oxygen atoms in total. The molecule has 0 bridgehead atoms. The van der Waals surface area contributed by atoms with Gasteiger partial charge in [-0.1, -0.05) is 24.3 Å². The van der Waals surface area contributed by atoms with Crippen molar-refractivity contribution in [3.63, 3.8) is 0 Å². The zero-order valence-corrected chi connectivity index (χ0v) is 16.1. The largest absolute Gasteiger partial charge is 0.340 e. The van der Waals surface area contributed by atoms with Crippen molar-refractivity contribution in [1.82, 2.24) is 14.5 Å². The zero-order valence-electron chi connectivity index (χ0n) is 15.3. The van der Waals surface area contributed by atoms with E-state index in [0.29, 0.717) is 0 Å². The quantitative estimate of drug-likeness (QED) is 0.402. The summed E-state index contributed by atoms with van der Waals surface area (Å²) in [5.74, 6) is 0.855. The fourth-order valence-electron chi connectivity index (χ4n) is 3.42. The first-order valence-electron chi connectivity index (χ1n) is 9.06. The van der Waals surface area contributed by atoms with Crippen LogP contribution >= 0.6 is 11.3 Å². The maximum atomic E-state index is 4.60. The molecule has 5 heteroatoms. The first-order valence-corrected chi connectivity index (χ1v) is 10.0. The molecule has 0 aliphatic heterocycles. The van der Waals surface area contributed by atoms with E-state index in [0.717, 1.165) is 28.3 Å². The van der Waals surface area contributed by atoms with Gasteiger partial charge in [0.25, 0.3) is 0 Å². The van der Waals surface area contributed by atoms with E-state index in [1.165, 1.54) is 16.5 Å². The molecule has 0 amide bonds. The average Bonchev–Trinajstić information content (AvgIpc) is 3.40. The Kier molecular flexibility index (Phi) is 4.14. The standard InChI is InChI=1S/C23H18N4S/c1-16-13-27(15-25-16)19-5-2-4-18(12-19)26-23-22-7-3-6-20(17-9-11-28-14-17)21(22)8-10-24-23/h2-15H,1H3,(H,24,26). The van der Waals surface area contributed by atoms with Crippen molar-refractivity contribution in [3.05, 3.63) is 89.8 Å². The van der Waals surface area contributed by atoms with E-state index in [-0.39, 0.29) is 0 Å². The Morgan fingerprint density at radius 1 is 0.964 bits per heavy atom. The number of nitrogens with zero attached hydrogens (tertiary/aromatic N) is 3. The van der Waals surface area contributed by atoms with E-state index in [2.05, 4.69) is 74.6 Å². The highest BCUT2D eigenvalue weighted by Gasteiger charge is 2.09. The summed E-state index contributed by atoms with van der Waals surface area (Å²) in [4.78, 5) is 8.92. The van der Waals surface area contributed by atoms with Crippen LogP contribution in [0.4, 0.5) is 11.5 Å². The third-order valence-electron chi connectivity index (χ3n) is 4.76. The third kappa shape index (κ3) is 3.06. The number of benzene rings is 2. The number of hydrogen-bond acceptors (Lipinski definition) is 4. The van der Waals surface area contributed by atoms with Gasteiger partial charge in [-0.15, -0.1) is 0 Å². The Balaban J connectivity index is 1.55. The van der Waals surface area contributed by atoms with Crippen LogP contribution in [0.2, 0.25) is 0 Å². The summed E-state index contributed by atoms with van der Waals surface area (Å²) in [7, 11) is 0. The summed E-state index contributed by atoms with van der Waals surface area (Å²) in [6.07, 6.45) is 5.71. The van der Waals surface area contributed by atoms with Gasteiger partial charge in [0.2, 0.25) is 0 Å². The number of pyridine rings is 1. The minimum Gasteiger partial charge on any atom is -0.340 e. The summed E-state index contributed by atoms with van der Waals surface area (Å²) in [6.45, 7) is 1.99. The molecule has 0 unspecified atom stereocenters. The molecular weight excluding hydrogens is 364 g/mol. The van der Waals surface area contributed by atoms with Gasteiger partial charge < -0.3 is 9.88 Å². The first-order chi connectivity index (χ1) is 13.8. The minimum atomic E-state index is 0.855. The molecule has 0 saturated carbocycles. The highest BCUT2D eigenvalue weighted by Crippen LogP contribution is 2.33. The smallest absolute Gasteiger partial charge is 0.138 e. The summed E-state index contributed by atoms with van der Waals surface area (Å²) >= 11 is 1.71. The molecule has 3 heterocycles. The Morgan fingerprint density at radius 3 is 2.71 bits per heavy atom. The summed E-state index contributed by atoms with van der Waals surface area (Å²) in [5.41, 5.74) is 5.52. The summed E-state index contributed by atoms with van der Waals surface area (Å²) in [5, 5.41) is 10.1. The fraction of sp³-hybridized carbons (Fsp3) is 0.0435. The van der Waals surface area contributed by atoms with Crippen LogP contribution < -0.4 is 5.32 Å². The zero-order chi connectivity index (χ0) is 18.9. The molecule has 0 spiro atoms. The van der Waals surface area contributed by atoms with Crippen molar-refractivity contribution < 1.29 is 0 Å². The van der Waals surface area contributed by atoms with Crippen molar-refractivity contribution in [3.8, 4) is 16.8 Å². The van der Waals surface area contributed by atoms with Crippen molar-refractivity contribution in [1.29, 1.82) is 0 Å². The summed E-state index contributed by atoms with van der Waals surface area (Å²) in [6, 6.07) is 18.9. The van der Waals surface area contributed by atoms with Crippen molar-refractivity contribution in [2.75, 3.05) is 5.32 Å². The van der Waals surface area contributed by atoms with Crippen LogP contribution in [0.5, 0.6) is 0 Å². The van der Waals surface area contributed by atoms with E-state index in [4.69, 9.17) is 0 Å². The molecule has 3 aromatic heterocycles. The van der Waals surface area contributed by atoms with E-state index in [1.807, 2.05) is 36.3 Å². The Hall–Kier alpha value is -3.44. The molecule has 0 saturated heterocycles. The van der Waals surface area contributed by atoms with Crippen LogP contribution in [0.15, 0.2) is 84.1 Å². The number of anilines is 2. The van der Waals surface area contributed by atoms with Gasteiger partial charge >= 0.3 is 0 Å². The number of aryl methyl sites for hydroxylation is 1. The van der Waals surface area contributed by atoms with Crippen molar-refractivity contribution >= 4 is 33.6 Å².